The number of non-ortho nitro benzene ring substituents is 1. The maximum absolute atomic E-state index is 10.0. The lowest BCUT2D eigenvalue weighted by Gasteiger charge is -1.90. The van der Waals surface area contributed by atoms with Gasteiger partial charge in [0.1, 0.15) is 0 Å². The molecule has 0 aliphatic heterocycles. The Labute approximate surface area is 99.9 Å². The third kappa shape index (κ3) is 4.90. The molecular weight excluding hydrogens is 216 g/mol. The van der Waals surface area contributed by atoms with Crippen LogP contribution in [0.5, 0.6) is 0 Å². The second kappa shape index (κ2) is 7.14. The van der Waals surface area contributed by atoms with Gasteiger partial charge in [0, 0.05) is 18.7 Å². The first kappa shape index (κ1) is 12.9. The lowest BCUT2D eigenvalue weighted by atomic mass is 10.2. The van der Waals surface area contributed by atoms with Gasteiger partial charge in [-0.15, -0.1) is 0 Å². The molecule has 0 saturated carbocycles. The van der Waals surface area contributed by atoms with Crippen LogP contribution in [0.2, 0.25) is 0 Å². The summed E-state index contributed by atoms with van der Waals surface area (Å²) in [7, 11) is 0. The molecular formula is C13H14N2O2. The van der Waals surface area contributed by atoms with Crippen molar-refractivity contribution in [3.63, 3.8) is 0 Å². The lowest BCUT2D eigenvalue weighted by molar-refractivity contribution is -0.384. The van der Waals surface area contributed by atoms with Crippen molar-refractivity contribution in [2.45, 2.75) is 6.54 Å². The summed E-state index contributed by atoms with van der Waals surface area (Å²) in [5.41, 5.74) is 6.67. The molecule has 0 heterocycles. The van der Waals surface area contributed by atoms with Crippen molar-refractivity contribution in [2.24, 2.45) is 5.73 Å². The van der Waals surface area contributed by atoms with Gasteiger partial charge in [0.2, 0.25) is 0 Å². The van der Waals surface area contributed by atoms with Crippen LogP contribution in [0.1, 0.15) is 5.56 Å². The fourth-order valence-corrected chi connectivity index (χ4v) is 1.16. The van der Waals surface area contributed by atoms with Gasteiger partial charge >= 0.3 is 0 Å². The molecule has 0 radical (unpaired) electrons. The van der Waals surface area contributed by atoms with Crippen LogP contribution in [0.25, 0.3) is 0 Å². The Balaban J connectivity index is 0.000000171. The topological polar surface area (TPSA) is 69.2 Å². The van der Waals surface area contributed by atoms with Crippen molar-refractivity contribution in [3.05, 3.63) is 76.3 Å². The zero-order valence-electron chi connectivity index (χ0n) is 9.32. The first-order chi connectivity index (χ1) is 8.24. The first-order valence-electron chi connectivity index (χ1n) is 5.17. The van der Waals surface area contributed by atoms with E-state index >= 15 is 0 Å². The summed E-state index contributed by atoms with van der Waals surface area (Å²) in [6.45, 7) is 0.640. The minimum Gasteiger partial charge on any atom is -0.326 e. The highest BCUT2D eigenvalue weighted by molar-refractivity contribution is 5.28. The Morgan fingerprint density at radius 2 is 1.41 bits per heavy atom. The number of nitrogens with two attached hydrogens (primary N) is 1. The van der Waals surface area contributed by atoms with Crippen molar-refractivity contribution in [2.75, 3.05) is 0 Å². The number of para-hydroxylation sites is 1. The van der Waals surface area contributed by atoms with E-state index in [0.29, 0.717) is 6.54 Å². The predicted molar refractivity (Wildman–Crippen MR) is 67.4 cm³/mol. The van der Waals surface area contributed by atoms with Crippen LogP contribution >= 0.6 is 0 Å². The van der Waals surface area contributed by atoms with Crippen LogP contribution in [0.4, 0.5) is 5.69 Å². The molecule has 0 amide bonds. The highest BCUT2D eigenvalue weighted by atomic mass is 16.6. The molecule has 0 bridgehead atoms. The summed E-state index contributed by atoms with van der Waals surface area (Å²) < 4.78 is 0. The second-order valence-corrected chi connectivity index (χ2v) is 3.28. The molecule has 2 rings (SSSR count). The van der Waals surface area contributed by atoms with Crippen molar-refractivity contribution < 1.29 is 4.92 Å². The van der Waals surface area contributed by atoms with Crippen LogP contribution in [0.15, 0.2) is 60.7 Å². The van der Waals surface area contributed by atoms with Gasteiger partial charge in [0.25, 0.3) is 5.69 Å². The number of nitro groups is 1. The summed E-state index contributed by atoms with van der Waals surface area (Å²) in [5, 5.41) is 10.0. The number of nitro benzene ring substituents is 1. The monoisotopic (exact) mass is 230 g/mol. The van der Waals surface area contributed by atoms with Crippen molar-refractivity contribution in [3.8, 4) is 0 Å². The molecule has 2 aromatic rings. The van der Waals surface area contributed by atoms with Gasteiger partial charge in [-0.25, -0.2) is 0 Å². The summed E-state index contributed by atoms with van der Waals surface area (Å²) >= 11 is 0. The van der Waals surface area contributed by atoms with E-state index in [-0.39, 0.29) is 5.69 Å². The largest absolute Gasteiger partial charge is 0.326 e. The molecule has 17 heavy (non-hydrogen) atoms. The predicted octanol–water partition coefficient (Wildman–Crippen LogP) is 2.74. The molecule has 4 heteroatoms. The molecule has 2 N–H and O–H groups in total. The van der Waals surface area contributed by atoms with Crippen molar-refractivity contribution >= 4 is 5.69 Å². The fraction of sp³-hybridized carbons (Fsp3) is 0.0769. The Hall–Kier alpha value is -2.20. The highest BCUT2D eigenvalue weighted by Gasteiger charge is 1.98. The molecule has 0 unspecified atom stereocenters. The zero-order chi connectivity index (χ0) is 12.5. The maximum Gasteiger partial charge on any atom is 0.269 e. The average molecular weight is 230 g/mol. The first-order valence-corrected chi connectivity index (χ1v) is 5.17. The summed E-state index contributed by atoms with van der Waals surface area (Å²) in [4.78, 5) is 9.59. The molecule has 0 saturated heterocycles. The van der Waals surface area contributed by atoms with Gasteiger partial charge in [-0.2, -0.15) is 0 Å². The quantitative estimate of drug-likeness (QED) is 0.637. The normalized spacial score (nSPS) is 9.00. The molecule has 2 aromatic carbocycles. The number of benzene rings is 2. The fourth-order valence-electron chi connectivity index (χ4n) is 1.16. The average Bonchev–Trinajstić information content (AvgIpc) is 2.41. The Morgan fingerprint density at radius 1 is 0.941 bits per heavy atom. The van der Waals surface area contributed by atoms with Crippen molar-refractivity contribution in [1.82, 2.24) is 0 Å². The van der Waals surface area contributed by atoms with Crippen LogP contribution in [0.3, 0.4) is 0 Å². The third-order valence-corrected chi connectivity index (χ3v) is 2.05. The third-order valence-electron chi connectivity index (χ3n) is 2.05. The van der Waals surface area contributed by atoms with Gasteiger partial charge < -0.3 is 5.73 Å². The van der Waals surface area contributed by atoms with E-state index in [1.54, 1.807) is 18.2 Å². The van der Waals surface area contributed by atoms with E-state index in [9.17, 15) is 10.1 Å². The Morgan fingerprint density at radius 3 is 1.71 bits per heavy atom. The SMILES string of the molecule is NCc1ccccc1.O=[N+]([O-])c1ccccc1. The van der Waals surface area contributed by atoms with E-state index in [1.807, 2.05) is 30.3 Å². The number of rotatable bonds is 2. The molecule has 0 fully saturated rings. The maximum atomic E-state index is 10.0. The van der Waals surface area contributed by atoms with Gasteiger partial charge in [-0.1, -0.05) is 48.5 Å². The summed E-state index contributed by atoms with van der Waals surface area (Å²) in [6.07, 6.45) is 0. The van der Waals surface area contributed by atoms with Gasteiger partial charge in [0.15, 0.2) is 0 Å². The number of hydrogen-bond donors (Lipinski definition) is 1. The van der Waals surface area contributed by atoms with Crippen LogP contribution < -0.4 is 5.73 Å². The molecule has 0 aliphatic rings. The van der Waals surface area contributed by atoms with Crippen LogP contribution in [0, 0.1) is 10.1 Å². The minimum absolute atomic E-state index is 0.137. The summed E-state index contributed by atoms with van der Waals surface area (Å²) in [6, 6.07) is 17.9. The van der Waals surface area contributed by atoms with Crippen LogP contribution in [-0.4, -0.2) is 4.92 Å². The van der Waals surface area contributed by atoms with Crippen LogP contribution in [-0.2, 0) is 6.54 Å². The highest BCUT2D eigenvalue weighted by Crippen LogP contribution is 2.06. The number of nitrogens with zero attached hydrogens (tertiary/aromatic N) is 1. The van der Waals surface area contributed by atoms with E-state index < -0.39 is 4.92 Å². The molecule has 88 valence electrons. The van der Waals surface area contributed by atoms with E-state index in [1.165, 1.54) is 17.7 Å². The molecule has 0 aromatic heterocycles. The van der Waals surface area contributed by atoms with Gasteiger partial charge in [-0.05, 0) is 5.56 Å². The summed E-state index contributed by atoms with van der Waals surface area (Å²) in [5.74, 6) is 0. The van der Waals surface area contributed by atoms with E-state index in [2.05, 4.69) is 0 Å². The smallest absolute Gasteiger partial charge is 0.269 e. The second-order valence-electron chi connectivity index (χ2n) is 3.28. The van der Waals surface area contributed by atoms with E-state index in [4.69, 9.17) is 5.73 Å². The minimum atomic E-state index is -0.417. The molecule has 0 spiro atoms. The van der Waals surface area contributed by atoms with Gasteiger partial charge in [-0.3, -0.25) is 10.1 Å². The molecule has 4 nitrogen and oxygen atoms in total. The Kier molecular flexibility index (Phi) is 5.40. The lowest BCUT2D eigenvalue weighted by Crippen LogP contribution is -1.94. The molecule has 0 atom stereocenters. The standard InChI is InChI=1S/C7H9N.C6H5NO2/c8-6-7-4-2-1-3-5-7;8-7(9)6-4-2-1-3-5-6/h1-5H,6,8H2;1-5H. The van der Waals surface area contributed by atoms with Gasteiger partial charge in [0.05, 0.1) is 4.92 Å². The number of hydrogen-bond acceptors (Lipinski definition) is 3. The van der Waals surface area contributed by atoms with E-state index in [0.717, 1.165) is 0 Å². The van der Waals surface area contributed by atoms with Crippen molar-refractivity contribution in [1.29, 1.82) is 0 Å². The molecule has 0 aliphatic carbocycles. The zero-order valence-corrected chi connectivity index (χ0v) is 9.32. The Bertz CT molecular complexity index is 443.